The fraction of sp³-hybridized carbons (Fsp3) is 0.462. The molecule has 0 fully saturated rings. The zero-order valence-electron chi connectivity index (χ0n) is 12.3. The predicted molar refractivity (Wildman–Crippen MR) is 84.8 cm³/mol. The summed E-state index contributed by atoms with van der Waals surface area (Å²) in [7, 11) is 0. The first kappa shape index (κ1) is 15.3. The number of aromatic nitrogens is 3. The van der Waals surface area contributed by atoms with Gasteiger partial charge in [0, 0.05) is 11.4 Å². The molecule has 2 aromatic rings. The third-order valence-corrected chi connectivity index (χ3v) is 3.99. The molecule has 0 atom stereocenters. The van der Waals surface area contributed by atoms with E-state index in [0.717, 1.165) is 10.6 Å². The first-order chi connectivity index (χ1) is 9.90. The van der Waals surface area contributed by atoms with Crippen molar-refractivity contribution in [2.24, 2.45) is 5.92 Å². The van der Waals surface area contributed by atoms with Gasteiger partial charge in [0.05, 0.1) is 17.7 Å². The van der Waals surface area contributed by atoms with Crippen molar-refractivity contribution in [3.8, 4) is 0 Å². The van der Waals surface area contributed by atoms with E-state index in [0.29, 0.717) is 13.1 Å². The number of hydrogen-bond donors (Lipinski definition) is 3. The SMILES string of the molecule is Cc1ncsc1CNc1c(N)n(CC(C)C)c(=O)[nH]c1=O. The number of hydrogen-bond acceptors (Lipinski definition) is 6. The van der Waals surface area contributed by atoms with Gasteiger partial charge in [-0.15, -0.1) is 11.3 Å². The van der Waals surface area contributed by atoms with Gasteiger partial charge in [-0.2, -0.15) is 0 Å². The molecule has 2 aromatic heterocycles. The summed E-state index contributed by atoms with van der Waals surface area (Å²) >= 11 is 1.50. The van der Waals surface area contributed by atoms with Gasteiger partial charge in [0.15, 0.2) is 0 Å². The summed E-state index contributed by atoms with van der Waals surface area (Å²) in [6.07, 6.45) is 0. The number of nitrogens with two attached hydrogens (primary N) is 1. The lowest BCUT2D eigenvalue weighted by atomic mass is 10.2. The van der Waals surface area contributed by atoms with Gasteiger partial charge in [-0.05, 0) is 12.8 Å². The molecular weight excluding hydrogens is 290 g/mol. The van der Waals surface area contributed by atoms with Crippen molar-refractivity contribution in [2.45, 2.75) is 33.9 Å². The molecule has 0 radical (unpaired) electrons. The van der Waals surface area contributed by atoms with Gasteiger partial charge in [-0.25, -0.2) is 9.78 Å². The van der Waals surface area contributed by atoms with Crippen molar-refractivity contribution in [3.05, 3.63) is 36.9 Å². The second kappa shape index (κ2) is 6.13. The monoisotopic (exact) mass is 309 g/mol. The Kier molecular flexibility index (Phi) is 4.46. The van der Waals surface area contributed by atoms with Crippen molar-refractivity contribution >= 4 is 22.8 Å². The molecule has 21 heavy (non-hydrogen) atoms. The molecular formula is C13H19N5O2S. The molecule has 2 heterocycles. The summed E-state index contributed by atoms with van der Waals surface area (Å²) in [4.78, 5) is 31.2. The molecule has 114 valence electrons. The number of nitrogen functional groups attached to an aromatic ring is 1. The second-order valence-electron chi connectivity index (χ2n) is 5.24. The summed E-state index contributed by atoms with van der Waals surface area (Å²) < 4.78 is 1.38. The number of nitrogens with zero attached hydrogens (tertiary/aromatic N) is 2. The molecule has 0 aromatic carbocycles. The first-order valence-corrected chi connectivity index (χ1v) is 7.53. The van der Waals surface area contributed by atoms with Crippen LogP contribution in [0.5, 0.6) is 0 Å². The van der Waals surface area contributed by atoms with Crippen LogP contribution in [-0.2, 0) is 13.1 Å². The molecule has 0 amide bonds. The molecule has 0 aliphatic rings. The summed E-state index contributed by atoms with van der Waals surface area (Å²) in [5.74, 6) is 0.409. The number of H-pyrrole nitrogens is 1. The highest BCUT2D eigenvalue weighted by molar-refractivity contribution is 7.09. The molecule has 0 aliphatic carbocycles. The van der Waals surface area contributed by atoms with Crippen molar-refractivity contribution in [1.82, 2.24) is 14.5 Å². The van der Waals surface area contributed by atoms with Gasteiger partial charge < -0.3 is 11.1 Å². The Hall–Kier alpha value is -2.09. The molecule has 2 rings (SSSR count). The number of anilines is 2. The van der Waals surface area contributed by atoms with E-state index in [2.05, 4.69) is 15.3 Å². The number of thiazole rings is 1. The summed E-state index contributed by atoms with van der Waals surface area (Å²) in [5.41, 5.74) is 7.89. The Morgan fingerprint density at radius 2 is 2.19 bits per heavy atom. The number of aromatic amines is 1. The van der Waals surface area contributed by atoms with Gasteiger partial charge in [0.2, 0.25) is 0 Å². The van der Waals surface area contributed by atoms with E-state index in [1.165, 1.54) is 15.9 Å². The fourth-order valence-electron chi connectivity index (χ4n) is 1.97. The van der Waals surface area contributed by atoms with Gasteiger partial charge in [0.25, 0.3) is 5.56 Å². The van der Waals surface area contributed by atoms with E-state index >= 15 is 0 Å². The largest absolute Gasteiger partial charge is 0.383 e. The van der Waals surface area contributed by atoms with Gasteiger partial charge in [0.1, 0.15) is 11.5 Å². The molecule has 7 nitrogen and oxygen atoms in total. The molecule has 4 N–H and O–H groups in total. The highest BCUT2D eigenvalue weighted by Crippen LogP contribution is 2.16. The lowest BCUT2D eigenvalue weighted by Gasteiger charge is -2.15. The normalized spacial score (nSPS) is 11.0. The third kappa shape index (κ3) is 3.33. The van der Waals surface area contributed by atoms with Crippen LogP contribution < -0.4 is 22.3 Å². The summed E-state index contributed by atoms with van der Waals surface area (Å²) in [5, 5.41) is 3.01. The van der Waals surface area contributed by atoms with Crippen LogP contribution in [0.15, 0.2) is 15.1 Å². The van der Waals surface area contributed by atoms with Gasteiger partial charge in [-0.3, -0.25) is 14.3 Å². The zero-order valence-corrected chi connectivity index (χ0v) is 13.1. The summed E-state index contributed by atoms with van der Waals surface area (Å²) in [6.45, 7) is 6.76. The third-order valence-electron chi connectivity index (χ3n) is 3.06. The minimum Gasteiger partial charge on any atom is -0.383 e. The second-order valence-corrected chi connectivity index (χ2v) is 6.18. The minimum atomic E-state index is -0.500. The van der Waals surface area contributed by atoms with Crippen LogP contribution in [0.25, 0.3) is 0 Å². The maximum Gasteiger partial charge on any atom is 0.330 e. The number of aryl methyl sites for hydroxylation is 1. The Morgan fingerprint density at radius 3 is 2.76 bits per heavy atom. The summed E-state index contributed by atoms with van der Waals surface area (Å²) in [6, 6.07) is 0. The average Bonchev–Trinajstić information content (AvgIpc) is 2.80. The molecule has 0 bridgehead atoms. The van der Waals surface area contributed by atoms with E-state index in [9.17, 15) is 9.59 Å². The van der Waals surface area contributed by atoms with Crippen LogP contribution in [0.4, 0.5) is 11.5 Å². The Balaban J connectivity index is 2.33. The smallest absolute Gasteiger partial charge is 0.330 e. The van der Waals surface area contributed by atoms with Crippen LogP contribution >= 0.6 is 11.3 Å². The maximum atomic E-state index is 11.9. The minimum absolute atomic E-state index is 0.166. The lowest BCUT2D eigenvalue weighted by molar-refractivity contribution is 0.508. The molecule has 0 aliphatic heterocycles. The van der Waals surface area contributed by atoms with Gasteiger partial charge in [-0.1, -0.05) is 13.8 Å². The highest BCUT2D eigenvalue weighted by Gasteiger charge is 2.13. The standard InChI is InChI=1S/C13H19N5O2S/c1-7(2)5-18-11(14)10(12(19)17-13(18)20)15-4-9-8(3)16-6-21-9/h6-7,15H,4-5,14H2,1-3H3,(H,17,19,20). The Labute approximate surface area is 125 Å². The van der Waals surface area contributed by atoms with Crippen molar-refractivity contribution in [3.63, 3.8) is 0 Å². The molecule has 8 heteroatoms. The van der Waals surface area contributed by atoms with E-state index in [-0.39, 0.29) is 17.4 Å². The molecule has 0 saturated carbocycles. The average molecular weight is 309 g/mol. The number of nitrogens with one attached hydrogen (secondary N) is 2. The van der Waals surface area contributed by atoms with E-state index in [1.54, 1.807) is 5.51 Å². The fourth-order valence-corrected chi connectivity index (χ4v) is 2.69. The quantitative estimate of drug-likeness (QED) is 0.768. The van der Waals surface area contributed by atoms with Crippen LogP contribution in [0.3, 0.4) is 0 Å². The van der Waals surface area contributed by atoms with Crippen molar-refractivity contribution in [2.75, 3.05) is 11.1 Å². The molecule has 0 unspecified atom stereocenters. The highest BCUT2D eigenvalue weighted by atomic mass is 32.1. The van der Waals surface area contributed by atoms with E-state index < -0.39 is 11.2 Å². The zero-order chi connectivity index (χ0) is 15.6. The van der Waals surface area contributed by atoms with Crippen LogP contribution in [0, 0.1) is 12.8 Å². The van der Waals surface area contributed by atoms with Crippen molar-refractivity contribution < 1.29 is 0 Å². The van der Waals surface area contributed by atoms with Crippen LogP contribution in [0.2, 0.25) is 0 Å². The van der Waals surface area contributed by atoms with Crippen LogP contribution in [0.1, 0.15) is 24.4 Å². The number of rotatable bonds is 5. The molecule has 0 saturated heterocycles. The maximum absolute atomic E-state index is 11.9. The Morgan fingerprint density at radius 1 is 1.48 bits per heavy atom. The first-order valence-electron chi connectivity index (χ1n) is 6.65. The van der Waals surface area contributed by atoms with E-state index in [1.807, 2.05) is 20.8 Å². The van der Waals surface area contributed by atoms with Crippen LogP contribution in [-0.4, -0.2) is 14.5 Å². The predicted octanol–water partition coefficient (Wildman–Crippen LogP) is 1.15. The molecule has 0 spiro atoms. The Bertz CT molecular complexity index is 744. The van der Waals surface area contributed by atoms with E-state index in [4.69, 9.17) is 5.73 Å². The van der Waals surface area contributed by atoms with Crippen molar-refractivity contribution in [1.29, 1.82) is 0 Å². The lowest BCUT2D eigenvalue weighted by Crippen LogP contribution is -2.35. The van der Waals surface area contributed by atoms with Gasteiger partial charge >= 0.3 is 5.69 Å². The topological polar surface area (TPSA) is 106 Å².